The summed E-state index contributed by atoms with van der Waals surface area (Å²) >= 11 is 0. The predicted molar refractivity (Wildman–Crippen MR) is 155 cm³/mol. The molecular formula is C34H34Cl2N2Zr. The Labute approximate surface area is 265 Å². The van der Waals surface area contributed by atoms with Gasteiger partial charge in [0.05, 0.1) is 11.4 Å². The van der Waals surface area contributed by atoms with E-state index in [1.165, 1.54) is 67.4 Å². The van der Waals surface area contributed by atoms with Crippen molar-refractivity contribution in [1.29, 1.82) is 0 Å². The zero-order valence-corrected chi connectivity index (χ0v) is 27.0. The molecule has 5 heteroatoms. The van der Waals surface area contributed by atoms with Crippen LogP contribution in [-0.2, 0) is 26.2 Å². The standard InChI is InChI=1S/2C17H17N.2ClH.Zr/c2*1-3-12-10-15(13-8-6-5-7-9-13)16-11-14(4-2)18-17(12)16;;;/h2*5-11H,3-4H2,1-2H3;2*1H;/q;;;;+2/p-2. The molecule has 0 spiro atoms. The molecular weight excluding hydrogens is 599 g/mol. The third-order valence-corrected chi connectivity index (χ3v) is 7.12. The van der Waals surface area contributed by atoms with Crippen molar-refractivity contribution in [3.05, 3.63) is 130 Å². The molecule has 2 nitrogen and oxygen atoms in total. The number of halogens is 2. The van der Waals surface area contributed by atoms with Crippen LogP contribution in [0, 0.1) is 0 Å². The fraction of sp³-hybridized carbons (Fsp3) is 0.235. The Morgan fingerprint density at radius 1 is 0.462 bits per heavy atom. The zero-order valence-electron chi connectivity index (χ0n) is 23.1. The maximum Gasteiger partial charge on any atom is 2.00 e. The van der Waals surface area contributed by atoms with Crippen molar-refractivity contribution in [2.45, 2.75) is 53.4 Å². The van der Waals surface area contributed by atoms with E-state index >= 15 is 0 Å². The van der Waals surface area contributed by atoms with Crippen molar-refractivity contribution in [3.63, 3.8) is 0 Å². The molecule has 4 aliphatic rings. The fourth-order valence-electron chi connectivity index (χ4n) is 5.10. The topological polar surface area (TPSA) is 24.7 Å². The molecule has 0 aromatic heterocycles. The number of rotatable bonds is 6. The summed E-state index contributed by atoms with van der Waals surface area (Å²) in [6.45, 7) is 8.72. The van der Waals surface area contributed by atoms with Crippen molar-refractivity contribution in [3.8, 4) is 0 Å². The van der Waals surface area contributed by atoms with Crippen molar-refractivity contribution < 1.29 is 51.0 Å². The summed E-state index contributed by atoms with van der Waals surface area (Å²) in [4.78, 5) is 9.50. The number of aliphatic imine (C=N–C) groups is 2. The van der Waals surface area contributed by atoms with Crippen molar-refractivity contribution in [1.82, 2.24) is 0 Å². The normalized spacial score (nSPS) is 16.2. The van der Waals surface area contributed by atoms with Gasteiger partial charge in [0.2, 0.25) is 0 Å². The van der Waals surface area contributed by atoms with Gasteiger partial charge in [-0.2, -0.15) is 0 Å². The predicted octanol–water partition coefficient (Wildman–Crippen LogP) is 3.08. The van der Waals surface area contributed by atoms with Gasteiger partial charge in [-0.05, 0) is 83.4 Å². The summed E-state index contributed by atoms with van der Waals surface area (Å²) in [7, 11) is 0. The van der Waals surface area contributed by atoms with Crippen LogP contribution in [0.15, 0.2) is 129 Å². The number of hydrogen-bond acceptors (Lipinski definition) is 2. The van der Waals surface area contributed by atoms with Crippen LogP contribution in [0.4, 0.5) is 0 Å². The van der Waals surface area contributed by atoms with Gasteiger partial charge in [-0.1, -0.05) is 88.4 Å². The molecule has 0 radical (unpaired) electrons. The average molecular weight is 633 g/mol. The molecule has 0 bridgehead atoms. The van der Waals surface area contributed by atoms with E-state index in [0.29, 0.717) is 0 Å². The second-order valence-corrected chi connectivity index (χ2v) is 9.33. The molecule has 0 fully saturated rings. The molecule has 2 aromatic rings. The van der Waals surface area contributed by atoms with Crippen molar-refractivity contribution >= 4 is 22.6 Å². The van der Waals surface area contributed by atoms with Crippen LogP contribution in [0.2, 0.25) is 0 Å². The Hall–Kier alpha value is -2.32. The van der Waals surface area contributed by atoms with Gasteiger partial charge >= 0.3 is 26.2 Å². The summed E-state index contributed by atoms with van der Waals surface area (Å²) in [5, 5.41) is 0. The van der Waals surface area contributed by atoms with Gasteiger partial charge in [-0.25, -0.2) is 0 Å². The number of allylic oxidation sites excluding steroid dienone is 8. The summed E-state index contributed by atoms with van der Waals surface area (Å²) < 4.78 is 0. The number of hydrogen-bond donors (Lipinski definition) is 0. The van der Waals surface area contributed by atoms with Crippen LogP contribution in [0.5, 0.6) is 0 Å². The molecule has 2 aliphatic heterocycles. The van der Waals surface area contributed by atoms with Crippen LogP contribution in [-0.4, -0.2) is 11.4 Å². The minimum atomic E-state index is 0. The van der Waals surface area contributed by atoms with E-state index in [1.807, 2.05) is 0 Å². The van der Waals surface area contributed by atoms with Crippen LogP contribution in [0.1, 0.15) is 64.5 Å². The number of benzene rings is 2. The summed E-state index contributed by atoms with van der Waals surface area (Å²) in [5.74, 6) is 0. The minimum Gasteiger partial charge on any atom is -1.00 e. The smallest absolute Gasteiger partial charge is 1.00 e. The fourth-order valence-corrected chi connectivity index (χ4v) is 5.10. The molecule has 0 atom stereocenters. The van der Waals surface area contributed by atoms with Crippen LogP contribution in [0.3, 0.4) is 0 Å². The molecule has 2 aromatic carbocycles. The SMILES string of the molecule is CCC1=NC2=C(CC)C=C(c3ccccc3)C2=C1.CCC1=NC2=C(CC)C=C(c3ccccc3)C2=C1.[Cl-].[Cl-].[Zr+2]. The van der Waals surface area contributed by atoms with Crippen LogP contribution in [0.25, 0.3) is 11.1 Å². The number of fused-ring (bicyclic) bond motifs is 2. The molecule has 0 amide bonds. The average Bonchev–Trinajstić information content (AvgIpc) is 3.69. The van der Waals surface area contributed by atoms with Crippen molar-refractivity contribution in [2.75, 3.05) is 0 Å². The van der Waals surface area contributed by atoms with Gasteiger partial charge in [0.15, 0.2) is 0 Å². The second kappa shape index (κ2) is 14.9. The third kappa shape index (κ3) is 6.71. The van der Waals surface area contributed by atoms with E-state index in [2.05, 4.69) is 113 Å². The number of nitrogens with zero attached hydrogens (tertiary/aromatic N) is 2. The Balaban J connectivity index is 0.000000254. The Morgan fingerprint density at radius 2 is 0.821 bits per heavy atom. The first-order valence-corrected chi connectivity index (χ1v) is 13.3. The molecule has 0 N–H and O–H groups in total. The van der Waals surface area contributed by atoms with Gasteiger partial charge < -0.3 is 24.8 Å². The van der Waals surface area contributed by atoms with E-state index in [4.69, 9.17) is 9.98 Å². The van der Waals surface area contributed by atoms with Gasteiger partial charge in [0, 0.05) is 22.6 Å². The van der Waals surface area contributed by atoms with E-state index in [1.54, 1.807) is 0 Å². The van der Waals surface area contributed by atoms with Crippen LogP contribution >= 0.6 is 0 Å². The van der Waals surface area contributed by atoms with Gasteiger partial charge in [-0.15, -0.1) is 0 Å². The molecule has 0 saturated carbocycles. The molecule has 6 rings (SSSR count). The summed E-state index contributed by atoms with van der Waals surface area (Å²) in [5.41, 5.74) is 15.4. The molecule has 198 valence electrons. The van der Waals surface area contributed by atoms with E-state index in [9.17, 15) is 0 Å². The zero-order chi connectivity index (χ0) is 25.1. The molecule has 0 unspecified atom stereocenters. The first-order chi connectivity index (χ1) is 17.7. The van der Waals surface area contributed by atoms with Crippen LogP contribution < -0.4 is 24.8 Å². The minimum absolute atomic E-state index is 0. The maximum atomic E-state index is 4.75. The first kappa shape index (κ1) is 32.9. The third-order valence-electron chi connectivity index (χ3n) is 7.12. The van der Waals surface area contributed by atoms with E-state index in [0.717, 1.165) is 25.7 Å². The summed E-state index contributed by atoms with van der Waals surface area (Å²) in [6, 6.07) is 21.2. The molecule has 2 heterocycles. The maximum absolute atomic E-state index is 4.75. The molecule has 0 saturated heterocycles. The van der Waals surface area contributed by atoms with Gasteiger partial charge in [0.25, 0.3) is 0 Å². The van der Waals surface area contributed by atoms with Gasteiger partial charge in [0.1, 0.15) is 0 Å². The quantitative estimate of drug-likeness (QED) is 0.468. The Kier molecular flexibility index (Phi) is 12.6. The van der Waals surface area contributed by atoms with Gasteiger partial charge in [-0.3, -0.25) is 9.98 Å². The Morgan fingerprint density at radius 3 is 1.13 bits per heavy atom. The monoisotopic (exact) mass is 630 g/mol. The second-order valence-electron chi connectivity index (χ2n) is 9.33. The summed E-state index contributed by atoms with van der Waals surface area (Å²) in [6.07, 6.45) is 13.2. The largest absolute Gasteiger partial charge is 2.00 e. The molecule has 2 aliphatic carbocycles. The molecule has 39 heavy (non-hydrogen) atoms. The Bertz CT molecular complexity index is 1330. The van der Waals surface area contributed by atoms with E-state index < -0.39 is 0 Å². The van der Waals surface area contributed by atoms with Crippen molar-refractivity contribution in [2.24, 2.45) is 9.98 Å². The first-order valence-electron chi connectivity index (χ1n) is 13.3. The van der Waals surface area contributed by atoms with E-state index in [-0.39, 0.29) is 51.0 Å².